The summed E-state index contributed by atoms with van der Waals surface area (Å²) in [5.41, 5.74) is 0. The van der Waals surface area contributed by atoms with E-state index in [1.165, 1.54) is 25.7 Å². The predicted octanol–water partition coefficient (Wildman–Crippen LogP) is 4.74. The summed E-state index contributed by atoms with van der Waals surface area (Å²) in [6.07, 6.45) is 5.81. The van der Waals surface area contributed by atoms with E-state index in [1.807, 2.05) is 0 Å². The van der Waals surface area contributed by atoms with Crippen molar-refractivity contribution in [2.45, 2.75) is 60.3 Å². The van der Waals surface area contributed by atoms with Gasteiger partial charge in [0.1, 0.15) is 0 Å². The van der Waals surface area contributed by atoms with Crippen LogP contribution in [0.15, 0.2) is 0 Å². The van der Waals surface area contributed by atoms with Crippen LogP contribution in [0.5, 0.6) is 0 Å². The quantitative estimate of drug-likeness (QED) is 0.575. The minimum atomic E-state index is 0.898. The zero-order chi connectivity index (χ0) is 10.7. The van der Waals surface area contributed by atoms with Crippen LogP contribution in [0.2, 0.25) is 0 Å². The molecule has 0 saturated heterocycles. The molecule has 1 rings (SSSR count). The summed E-state index contributed by atoms with van der Waals surface area (Å²) >= 11 is 0. The lowest BCUT2D eigenvalue weighted by atomic mass is 9.88. The SMILES string of the molecule is CCC(C)C(C)C1CC1CCC(C)C. The van der Waals surface area contributed by atoms with Crippen molar-refractivity contribution in [1.29, 1.82) is 0 Å². The molecule has 84 valence electrons. The molecule has 0 heterocycles. The van der Waals surface area contributed by atoms with Crippen LogP contribution in [-0.4, -0.2) is 0 Å². The van der Waals surface area contributed by atoms with Crippen molar-refractivity contribution in [1.82, 2.24) is 0 Å². The van der Waals surface area contributed by atoms with Crippen LogP contribution in [0.4, 0.5) is 0 Å². The highest BCUT2D eigenvalue weighted by atomic mass is 14.5. The lowest BCUT2D eigenvalue weighted by Gasteiger charge is -2.18. The van der Waals surface area contributed by atoms with Crippen molar-refractivity contribution in [2.75, 3.05) is 0 Å². The summed E-state index contributed by atoms with van der Waals surface area (Å²) in [5, 5.41) is 0. The van der Waals surface area contributed by atoms with Gasteiger partial charge in [-0.05, 0) is 42.4 Å². The molecule has 0 N–H and O–H groups in total. The van der Waals surface area contributed by atoms with Gasteiger partial charge in [0.05, 0.1) is 0 Å². The third-order valence-electron chi connectivity index (χ3n) is 4.31. The lowest BCUT2D eigenvalue weighted by molar-refractivity contribution is 0.316. The van der Waals surface area contributed by atoms with Crippen molar-refractivity contribution in [3.63, 3.8) is 0 Å². The van der Waals surface area contributed by atoms with Crippen LogP contribution in [0.25, 0.3) is 0 Å². The van der Waals surface area contributed by atoms with Gasteiger partial charge in [-0.25, -0.2) is 0 Å². The van der Waals surface area contributed by atoms with Crippen LogP contribution >= 0.6 is 0 Å². The summed E-state index contributed by atoms with van der Waals surface area (Å²) in [4.78, 5) is 0. The van der Waals surface area contributed by atoms with Crippen molar-refractivity contribution >= 4 is 0 Å². The van der Waals surface area contributed by atoms with Gasteiger partial charge in [-0.3, -0.25) is 0 Å². The molecule has 0 nitrogen and oxygen atoms in total. The van der Waals surface area contributed by atoms with E-state index in [2.05, 4.69) is 34.6 Å². The minimum Gasteiger partial charge on any atom is -0.0651 e. The van der Waals surface area contributed by atoms with Gasteiger partial charge >= 0.3 is 0 Å². The zero-order valence-electron chi connectivity index (χ0n) is 10.7. The molecule has 0 spiro atoms. The van der Waals surface area contributed by atoms with Gasteiger partial charge in [-0.15, -0.1) is 0 Å². The second-order valence-electron chi connectivity index (χ2n) is 5.88. The summed E-state index contributed by atoms with van der Waals surface area (Å²) in [5.74, 6) is 4.96. The molecule has 0 aromatic rings. The molecule has 4 atom stereocenters. The zero-order valence-corrected chi connectivity index (χ0v) is 10.7. The fraction of sp³-hybridized carbons (Fsp3) is 1.00. The molecule has 0 radical (unpaired) electrons. The molecule has 0 heteroatoms. The summed E-state index contributed by atoms with van der Waals surface area (Å²) in [6.45, 7) is 11.9. The molecule has 0 aromatic carbocycles. The van der Waals surface area contributed by atoms with Crippen molar-refractivity contribution < 1.29 is 0 Å². The standard InChI is InChI=1S/C14H28/c1-6-11(4)12(5)14-9-13(14)8-7-10(2)3/h10-14H,6-9H2,1-5H3. The number of hydrogen-bond donors (Lipinski definition) is 0. The Bertz CT molecular complexity index is 159. The molecule has 0 amide bonds. The summed E-state index contributed by atoms with van der Waals surface area (Å²) in [7, 11) is 0. The van der Waals surface area contributed by atoms with Gasteiger partial charge in [-0.1, -0.05) is 47.5 Å². The maximum atomic E-state index is 2.47. The molecule has 1 fully saturated rings. The Kier molecular flexibility index (Phi) is 4.47. The van der Waals surface area contributed by atoms with Crippen LogP contribution in [0, 0.1) is 29.6 Å². The molecule has 0 aromatic heterocycles. The average Bonchev–Trinajstić information content (AvgIpc) is 2.91. The van der Waals surface area contributed by atoms with E-state index < -0.39 is 0 Å². The Morgan fingerprint density at radius 1 is 1.14 bits per heavy atom. The Morgan fingerprint density at radius 2 is 1.79 bits per heavy atom. The first-order chi connectivity index (χ1) is 6.56. The van der Waals surface area contributed by atoms with E-state index in [1.54, 1.807) is 0 Å². The Labute approximate surface area is 90.5 Å². The van der Waals surface area contributed by atoms with Gasteiger partial charge in [-0.2, -0.15) is 0 Å². The summed E-state index contributed by atoms with van der Waals surface area (Å²) < 4.78 is 0. The van der Waals surface area contributed by atoms with Crippen LogP contribution in [-0.2, 0) is 0 Å². The first kappa shape index (κ1) is 12.1. The van der Waals surface area contributed by atoms with E-state index in [-0.39, 0.29) is 0 Å². The average molecular weight is 196 g/mol. The minimum absolute atomic E-state index is 0.898. The summed E-state index contributed by atoms with van der Waals surface area (Å²) in [6, 6.07) is 0. The number of hydrogen-bond acceptors (Lipinski definition) is 0. The van der Waals surface area contributed by atoms with Crippen molar-refractivity contribution in [3.05, 3.63) is 0 Å². The molecular formula is C14H28. The third kappa shape index (κ3) is 3.29. The fourth-order valence-corrected chi connectivity index (χ4v) is 2.59. The fourth-order valence-electron chi connectivity index (χ4n) is 2.59. The van der Waals surface area contributed by atoms with Crippen molar-refractivity contribution in [3.8, 4) is 0 Å². The molecule has 1 saturated carbocycles. The first-order valence-corrected chi connectivity index (χ1v) is 6.56. The highest BCUT2D eigenvalue weighted by Gasteiger charge is 2.41. The third-order valence-corrected chi connectivity index (χ3v) is 4.31. The van der Waals surface area contributed by atoms with Crippen LogP contribution < -0.4 is 0 Å². The highest BCUT2D eigenvalue weighted by molar-refractivity contribution is 4.90. The lowest BCUT2D eigenvalue weighted by Crippen LogP contribution is -2.10. The van der Waals surface area contributed by atoms with Gasteiger partial charge in [0.25, 0.3) is 0 Å². The number of rotatable bonds is 6. The smallest absolute Gasteiger partial charge is 0.0355 e. The molecule has 0 aliphatic heterocycles. The maximum Gasteiger partial charge on any atom is -0.0355 e. The highest BCUT2D eigenvalue weighted by Crippen LogP contribution is 2.50. The largest absolute Gasteiger partial charge is 0.0651 e. The van der Waals surface area contributed by atoms with Gasteiger partial charge in [0.15, 0.2) is 0 Å². The second kappa shape index (κ2) is 5.19. The normalized spacial score (nSPS) is 30.4. The molecular weight excluding hydrogens is 168 g/mol. The van der Waals surface area contributed by atoms with Gasteiger partial charge < -0.3 is 0 Å². The molecule has 1 aliphatic rings. The van der Waals surface area contributed by atoms with E-state index in [0.29, 0.717) is 0 Å². The van der Waals surface area contributed by atoms with E-state index in [0.717, 1.165) is 29.6 Å². The molecule has 14 heavy (non-hydrogen) atoms. The van der Waals surface area contributed by atoms with E-state index in [4.69, 9.17) is 0 Å². The van der Waals surface area contributed by atoms with Crippen LogP contribution in [0.3, 0.4) is 0 Å². The van der Waals surface area contributed by atoms with Crippen molar-refractivity contribution in [2.24, 2.45) is 29.6 Å². The van der Waals surface area contributed by atoms with E-state index >= 15 is 0 Å². The molecule has 4 unspecified atom stereocenters. The maximum absolute atomic E-state index is 2.47. The van der Waals surface area contributed by atoms with Crippen LogP contribution in [0.1, 0.15) is 60.3 Å². The molecule has 0 bridgehead atoms. The van der Waals surface area contributed by atoms with Gasteiger partial charge in [0, 0.05) is 0 Å². The second-order valence-corrected chi connectivity index (χ2v) is 5.88. The Balaban J connectivity index is 2.18. The molecule has 1 aliphatic carbocycles. The first-order valence-electron chi connectivity index (χ1n) is 6.56. The van der Waals surface area contributed by atoms with E-state index in [9.17, 15) is 0 Å². The topological polar surface area (TPSA) is 0 Å². The predicted molar refractivity (Wildman–Crippen MR) is 64.3 cm³/mol. The Hall–Kier alpha value is 0. The Morgan fingerprint density at radius 3 is 2.29 bits per heavy atom. The monoisotopic (exact) mass is 196 g/mol. The van der Waals surface area contributed by atoms with Gasteiger partial charge in [0.2, 0.25) is 0 Å².